The van der Waals surface area contributed by atoms with Crippen molar-refractivity contribution in [2.75, 3.05) is 16.2 Å². The molecule has 1 amide bonds. The van der Waals surface area contributed by atoms with Gasteiger partial charge in [-0.2, -0.15) is 0 Å². The molecule has 0 aromatic heterocycles. The highest BCUT2D eigenvalue weighted by molar-refractivity contribution is 7.92. The summed E-state index contributed by atoms with van der Waals surface area (Å²) in [5.74, 6) is 0.413. The first-order valence-corrected chi connectivity index (χ1v) is 10.4. The number of carbonyl (C=O) groups excluding carboxylic acids is 1. The summed E-state index contributed by atoms with van der Waals surface area (Å²) in [5.41, 5.74) is 2.15. The summed E-state index contributed by atoms with van der Waals surface area (Å²) < 4.78 is 28.2. The van der Waals surface area contributed by atoms with Crippen molar-refractivity contribution in [2.45, 2.75) is 43.9 Å². The van der Waals surface area contributed by atoms with E-state index >= 15 is 0 Å². The van der Waals surface area contributed by atoms with Gasteiger partial charge in [-0.25, -0.2) is 8.42 Å². The topological polar surface area (TPSA) is 66.5 Å². The number of nitrogens with zero attached hydrogens (tertiary/aromatic N) is 1. The summed E-state index contributed by atoms with van der Waals surface area (Å²) in [4.78, 5) is 13.9. The highest BCUT2D eigenvalue weighted by Gasteiger charge is 2.25. The third-order valence-electron chi connectivity index (χ3n) is 4.88. The van der Waals surface area contributed by atoms with Crippen molar-refractivity contribution in [3.8, 4) is 0 Å². The molecule has 1 fully saturated rings. The van der Waals surface area contributed by atoms with E-state index in [4.69, 9.17) is 0 Å². The molecule has 2 aromatic rings. The Balaban J connectivity index is 1.87. The van der Waals surface area contributed by atoms with Crippen LogP contribution in [0.5, 0.6) is 0 Å². The monoisotopic (exact) mass is 372 g/mol. The Morgan fingerprint density at radius 2 is 1.81 bits per heavy atom. The number of amides is 1. The van der Waals surface area contributed by atoms with E-state index < -0.39 is 10.0 Å². The first kappa shape index (κ1) is 18.5. The second kappa shape index (κ2) is 7.50. The maximum absolute atomic E-state index is 12.8. The molecular weight excluding hydrogens is 348 g/mol. The minimum absolute atomic E-state index is 0.0227. The van der Waals surface area contributed by atoms with E-state index in [9.17, 15) is 13.2 Å². The summed E-state index contributed by atoms with van der Waals surface area (Å²) in [6.45, 7) is 4.83. The Hall–Kier alpha value is -2.34. The molecule has 138 valence electrons. The first-order valence-electron chi connectivity index (χ1n) is 8.94. The van der Waals surface area contributed by atoms with E-state index in [1.54, 1.807) is 41.3 Å². The number of nitrogens with one attached hydrogen (secondary N) is 1. The average Bonchev–Trinajstić information content (AvgIpc) is 3.07. The van der Waals surface area contributed by atoms with E-state index in [2.05, 4.69) is 18.6 Å². The number of hydrogen-bond donors (Lipinski definition) is 1. The van der Waals surface area contributed by atoms with Gasteiger partial charge in [-0.15, -0.1) is 0 Å². The van der Waals surface area contributed by atoms with Crippen LogP contribution < -0.4 is 9.62 Å². The van der Waals surface area contributed by atoms with Crippen LogP contribution in [0.2, 0.25) is 0 Å². The minimum Gasteiger partial charge on any atom is -0.310 e. The summed E-state index contributed by atoms with van der Waals surface area (Å²) in [7, 11) is -3.72. The Kier molecular flexibility index (Phi) is 5.32. The lowest BCUT2D eigenvalue weighted by Crippen LogP contribution is -2.25. The Morgan fingerprint density at radius 3 is 2.42 bits per heavy atom. The van der Waals surface area contributed by atoms with Crippen molar-refractivity contribution in [3.05, 3.63) is 54.1 Å². The molecule has 0 spiro atoms. The molecule has 1 aliphatic rings. The van der Waals surface area contributed by atoms with Crippen molar-refractivity contribution in [1.82, 2.24) is 0 Å². The quantitative estimate of drug-likeness (QED) is 0.829. The predicted octanol–water partition coefficient (Wildman–Crippen LogP) is 4.13. The molecule has 6 heteroatoms. The zero-order valence-corrected chi connectivity index (χ0v) is 15.9. The smallest absolute Gasteiger partial charge is 0.261 e. The maximum atomic E-state index is 12.8. The number of carbonyl (C=O) groups is 1. The SMILES string of the molecule is CC[C@@H](C)c1ccc(S(=O)(=O)Nc2ccccc2N2CCCC2=O)cc1. The van der Waals surface area contributed by atoms with E-state index in [-0.39, 0.29) is 10.8 Å². The normalized spacial score (nSPS) is 15.9. The summed E-state index contributed by atoms with van der Waals surface area (Å²) in [5, 5.41) is 0. The van der Waals surface area contributed by atoms with Crippen LogP contribution in [0.1, 0.15) is 44.6 Å². The zero-order chi connectivity index (χ0) is 18.7. The predicted molar refractivity (Wildman–Crippen MR) is 104 cm³/mol. The number of anilines is 2. The molecule has 0 saturated carbocycles. The maximum Gasteiger partial charge on any atom is 0.261 e. The van der Waals surface area contributed by atoms with Gasteiger partial charge in [0, 0.05) is 13.0 Å². The Labute approximate surface area is 155 Å². The van der Waals surface area contributed by atoms with Crippen LogP contribution >= 0.6 is 0 Å². The molecule has 0 aliphatic carbocycles. The zero-order valence-electron chi connectivity index (χ0n) is 15.1. The van der Waals surface area contributed by atoms with Gasteiger partial charge < -0.3 is 4.90 Å². The number of rotatable bonds is 6. The highest BCUT2D eigenvalue weighted by atomic mass is 32.2. The molecule has 0 bridgehead atoms. The van der Waals surface area contributed by atoms with Gasteiger partial charge in [0.25, 0.3) is 10.0 Å². The fourth-order valence-electron chi connectivity index (χ4n) is 3.11. The molecule has 1 N–H and O–H groups in total. The van der Waals surface area contributed by atoms with Gasteiger partial charge in [-0.05, 0) is 48.6 Å². The van der Waals surface area contributed by atoms with Gasteiger partial charge >= 0.3 is 0 Å². The molecule has 1 aliphatic heterocycles. The van der Waals surface area contributed by atoms with Gasteiger partial charge in [-0.1, -0.05) is 38.1 Å². The fraction of sp³-hybridized carbons (Fsp3) is 0.350. The van der Waals surface area contributed by atoms with Gasteiger partial charge in [0.05, 0.1) is 16.3 Å². The molecule has 3 rings (SSSR count). The van der Waals surface area contributed by atoms with Crippen molar-refractivity contribution in [3.63, 3.8) is 0 Å². The first-order chi connectivity index (χ1) is 12.4. The summed E-state index contributed by atoms with van der Waals surface area (Å²) >= 11 is 0. The van der Waals surface area contributed by atoms with Crippen molar-refractivity contribution < 1.29 is 13.2 Å². The summed E-state index contributed by atoms with van der Waals surface area (Å²) in [6, 6.07) is 14.0. The minimum atomic E-state index is -3.72. The number of sulfonamides is 1. The third kappa shape index (κ3) is 3.75. The molecule has 1 heterocycles. The Morgan fingerprint density at radius 1 is 1.12 bits per heavy atom. The third-order valence-corrected chi connectivity index (χ3v) is 6.27. The van der Waals surface area contributed by atoms with Gasteiger partial charge in [0.15, 0.2) is 0 Å². The standard InChI is InChI=1S/C20H24N2O3S/c1-3-15(2)16-10-12-17(13-11-16)26(24,25)21-18-7-4-5-8-19(18)22-14-6-9-20(22)23/h4-5,7-8,10-13,15,21H,3,6,9,14H2,1-2H3/t15-/m1/s1. The van der Waals surface area contributed by atoms with E-state index in [0.29, 0.717) is 30.3 Å². The van der Waals surface area contributed by atoms with Gasteiger partial charge in [0.1, 0.15) is 0 Å². The molecule has 2 aromatic carbocycles. The largest absolute Gasteiger partial charge is 0.310 e. The summed E-state index contributed by atoms with van der Waals surface area (Å²) in [6.07, 6.45) is 2.29. The van der Waals surface area contributed by atoms with Gasteiger partial charge in [0.2, 0.25) is 5.91 Å². The molecule has 0 radical (unpaired) electrons. The molecule has 26 heavy (non-hydrogen) atoms. The van der Waals surface area contributed by atoms with Crippen LogP contribution in [0.4, 0.5) is 11.4 Å². The fourth-order valence-corrected chi connectivity index (χ4v) is 4.19. The lowest BCUT2D eigenvalue weighted by Gasteiger charge is -2.20. The number of hydrogen-bond acceptors (Lipinski definition) is 3. The van der Waals surface area contributed by atoms with E-state index in [0.717, 1.165) is 18.4 Å². The molecule has 1 saturated heterocycles. The second-order valence-corrected chi connectivity index (χ2v) is 8.33. The van der Waals surface area contributed by atoms with Gasteiger partial charge in [-0.3, -0.25) is 9.52 Å². The lowest BCUT2D eigenvalue weighted by molar-refractivity contribution is -0.117. The molecule has 1 atom stereocenters. The highest BCUT2D eigenvalue weighted by Crippen LogP contribution is 2.31. The number of para-hydroxylation sites is 2. The van der Waals surface area contributed by atoms with Crippen LogP contribution in [0, 0.1) is 0 Å². The van der Waals surface area contributed by atoms with E-state index in [1.807, 2.05) is 12.1 Å². The second-order valence-electron chi connectivity index (χ2n) is 6.65. The molecule has 5 nitrogen and oxygen atoms in total. The molecular formula is C20H24N2O3S. The van der Waals surface area contributed by atoms with Crippen LogP contribution in [0.25, 0.3) is 0 Å². The van der Waals surface area contributed by atoms with E-state index in [1.165, 1.54) is 0 Å². The van der Waals surface area contributed by atoms with Crippen molar-refractivity contribution in [2.24, 2.45) is 0 Å². The Bertz CT molecular complexity index is 892. The van der Waals surface area contributed by atoms with Crippen molar-refractivity contribution in [1.29, 1.82) is 0 Å². The van der Waals surface area contributed by atoms with Crippen molar-refractivity contribution >= 4 is 27.3 Å². The average molecular weight is 372 g/mol. The lowest BCUT2D eigenvalue weighted by atomic mass is 9.99. The van der Waals surface area contributed by atoms with Crippen LogP contribution in [0.15, 0.2) is 53.4 Å². The van der Waals surface area contributed by atoms with Crippen LogP contribution in [0.3, 0.4) is 0 Å². The number of benzene rings is 2. The van der Waals surface area contributed by atoms with Crippen LogP contribution in [-0.2, 0) is 14.8 Å². The van der Waals surface area contributed by atoms with Crippen LogP contribution in [-0.4, -0.2) is 20.9 Å². The molecule has 0 unspecified atom stereocenters.